The van der Waals surface area contributed by atoms with Crippen LogP contribution in [0.25, 0.3) is 0 Å². The van der Waals surface area contributed by atoms with Gasteiger partial charge in [0.15, 0.2) is 0 Å². The van der Waals surface area contributed by atoms with E-state index in [2.05, 4.69) is 61.7 Å². The van der Waals surface area contributed by atoms with E-state index in [1.54, 1.807) is 0 Å². The van der Waals surface area contributed by atoms with Crippen molar-refractivity contribution in [1.82, 2.24) is 4.81 Å². The molecule has 7 heteroatoms. The molecule has 0 aliphatic carbocycles. The maximum absolute atomic E-state index is 9.69. The molecule has 0 bridgehead atoms. The molecule has 0 radical (unpaired) electrons. The van der Waals surface area contributed by atoms with Crippen LogP contribution in [0.15, 0.2) is 24.3 Å². The van der Waals surface area contributed by atoms with E-state index in [0.717, 1.165) is 31.6 Å². The van der Waals surface area contributed by atoms with Crippen molar-refractivity contribution in [2.75, 3.05) is 31.1 Å². The Morgan fingerprint density at radius 1 is 1.04 bits per heavy atom. The zero-order valence-electron chi connectivity index (χ0n) is 15.5. The van der Waals surface area contributed by atoms with Crippen LogP contribution in [0.5, 0.6) is 0 Å². The first kappa shape index (κ1) is 17.8. The summed E-state index contributed by atoms with van der Waals surface area (Å²) in [5.41, 5.74) is 1.60. The first-order chi connectivity index (χ1) is 11.2. The SMILES string of the molecule is CB(O)N1CCN(c2cccc(B3OC(C)(C)C(C)(C)O3)c2)CC1. The molecular formula is C17H28B2N2O3. The largest absolute Gasteiger partial charge is 0.494 e. The fourth-order valence-electron chi connectivity index (χ4n) is 3.20. The third kappa shape index (κ3) is 3.36. The summed E-state index contributed by atoms with van der Waals surface area (Å²) in [7, 11) is -0.697. The van der Waals surface area contributed by atoms with E-state index in [4.69, 9.17) is 9.31 Å². The number of rotatable bonds is 3. The van der Waals surface area contributed by atoms with Crippen molar-refractivity contribution < 1.29 is 14.3 Å². The zero-order chi connectivity index (χ0) is 17.5. The average molecular weight is 330 g/mol. The number of benzene rings is 1. The quantitative estimate of drug-likeness (QED) is 0.845. The van der Waals surface area contributed by atoms with Crippen molar-refractivity contribution in [3.8, 4) is 0 Å². The molecule has 5 nitrogen and oxygen atoms in total. The van der Waals surface area contributed by atoms with Gasteiger partial charge in [-0.1, -0.05) is 12.1 Å². The smallest absolute Gasteiger partial charge is 0.437 e. The van der Waals surface area contributed by atoms with Gasteiger partial charge in [-0.2, -0.15) is 0 Å². The Balaban J connectivity index is 1.72. The number of anilines is 1. The third-order valence-electron chi connectivity index (χ3n) is 5.60. The monoisotopic (exact) mass is 330 g/mol. The fraction of sp³-hybridized carbons (Fsp3) is 0.647. The standard InChI is InChI=1S/C17H28B2N2O3/c1-16(2)17(3,4)24-19(23-16)14-7-6-8-15(13-14)20-9-11-21(12-10-20)18(5)22/h6-8,13,22H,9-12H2,1-5H3. The van der Waals surface area contributed by atoms with E-state index in [1.807, 2.05) is 6.82 Å². The minimum absolute atomic E-state index is 0.323. The van der Waals surface area contributed by atoms with Crippen LogP contribution in [0.4, 0.5) is 5.69 Å². The van der Waals surface area contributed by atoms with Gasteiger partial charge in [-0.15, -0.1) is 0 Å². The van der Waals surface area contributed by atoms with Crippen molar-refractivity contribution in [2.45, 2.75) is 45.7 Å². The van der Waals surface area contributed by atoms with E-state index in [9.17, 15) is 5.02 Å². The molecular weight excluding hydrogens is 302 g/mol. The molecule has 0 saturated carbocycles. The molecule has 0 atom stereocenters. The van der Waals surface area contributed by atoms with E-state index in [1.165, 1.54) is 5.69 Å². The first-order valence-corrected chi connectivity index (χ1v) is 8.82. The van der Waals surface area contributed by atoms with Gasteiger partial charge in [0.05, 0.1) is 11.2 Å². The Bertz CT molecular complexity index is 571. The van der Waals surface area contributed by atoms with Crippen molar-refractivity contribution in [3.63, 3.8) is 0 Å². The molecule has 0 amide bonds. The van der Waals surface area contributed by atoms with E-state index in [0.29, 0.717) is 0 Å². The second-order valence-corrected chi connectivity index (χ2v) is 7.84. The Labute approximate surface area is 146 Å². The maximum atomic E-state index is 9.69. The van der Waals surface area contributed by atoms with Gasteiger partial charge < -0.3 is 24.0 Å². The lowest BCUT2D eigenvalue weighted by Crippen LogP contribution is -2.51. The van der Waals surface area contributed by atoms with Crippen LogP contribution in [0.1, 0.15) is 27.7 Å². The van der Waals surface area contributed by atoms with Crippen LogP contribution < -0.4 is 10.4 Å². The Morgan fingerprint density at radius 3 is 2.17 bits per heavy atom. The maximum Gasteiger partial charge on any atom is 0.494 e. The highest BCUT2D eigenvalue weighted by Gasteiger charge is 2.51. The van der Waals surface area contributed by atoms with Crippen LogP contribution in [0.2, 0.25) is 6.82 Å². The van der Waals surface area contributed by atoms with Gasteiger partial charge in [-0.3, -0.25) is 0 Å². The lowest BCUT2D eigenvalue weighted by Gasteiger charge is -2.36. The topological polar surface area (TPSA) is 45.2 Å². The normalized spacial score (nSPS) is 23.6. The van der Waals surface area contributed by atoms with Crippen LogP contribution in [-0.4, -0.2) is 61.4 Å². The van der Waals surface area contributed by atoms with E-state index < -0.39 is 0 Å². The highest BCUT2D eigenvalue weighted by atomic mass is 16.7. The van der Waals surface area contributed by atoms with Gasteiger partial charge in [0.1, 0.15) is 0 Å². The fourth-order valence-corrected chi connectivity index (χ4v) is 3.20. The summed E-state index contributed by atoms with van der Waals surface area (Å²) < 4.78 is 12.3. The minimum atomic E-state index is -0.372. The lowest BCUT2D eigenvalue weighted by atomic mass is 9.79. The summed E-state index contributed by atoms with van der Waals surface area (Å²) in [5, 5.41) is 9.69. The lowest BCUT2D eigenvalue weighted by molar-refractivity contribution is 0.00578. The Morgan fingerprint density at radius 2 is 1.62 bits per heavy atom. The highest BCUT2D eigenvalue weighted by molar-refractivity contribution is 6.62. The molecule has 0 unspecified atom stereocenters. The number of nitrogens with zero attached hydrogens (tertiary/aromatic N) is 2. The van der Waals surface area contributed by atoms with E-state index in [-0.39, 0.29) is 25.4 Å². The van der Waals surface area contributed by atoms with Gasteiger partial charge in [0.2, 0.25) is 0 Å². The molecule has 1 aromatic rings. The molecule has 130 valence electrons. The molecule has 2 aliphatic rings. The molecule has 2 aliphatic heterocycles. The predicted molar refractivity (Wildman–Crippen MR) is 99.8 cm³/mol. The summed E-state index contributed by atoms with van der Waals surface area (Å²) >= 11 is 0. The van der Waals surface area contributed by atoms with Crippen molar-refractivity contribution in [2.24, 2.45) is 0 Å². The molecule has 1 N–H and O–H groups in total. The second-order valence-electron chi connectivity index (χ2n) is 7.84. The summed E-state index contributed by atoms with van der Waals surface area (Å²) in [5.74, 6) is 0. The zero-order valence-corrected chi connectivity index (χ0v) is 15.5. The predicted octanol–water partition coefficient (Wildman–Crippen LogP) is 1.22. The van der Waals surface area contributed by atoms with Crippen LogP contribution in [0, 0.1) is 0 Å². The molecule has 1 aromatic carbocycles. The molecule has 2 saturated heterocycles. The first-order valence-electron chi connectivity index (χ1n) is 8.82. The van der Waals surface area contributed by atoms with Gasteiger partial charge in [-0.05, 0) is 52.1 Å². The molecule has 2 heterocycles. The number of hydrogen-bond acceptors (Lipinski definition) is 5. The molecule has 3 rings (SSSR count). The summed E-state index contributed by atoms with van der Waals surface area (Å²) in [6.45, 7) is 13.7. The Hall–Kier alpha value is -1.01. The van der Waals surface area contributed by atoms with Gasteiger partial charge in [-0.25, -0.2) is 0 Å². The van der Waals surface area contributed by atoms with Crippen molar-refractivity contribution >= 4 is 25.3 Å². The summed E-state index contributed by atoms with van der Waals surface area (Å²) in [4.78, 5) is 4.45. The van der Waals surface area contributed by atoms with Gasteiger partial charge in [0, 0.05) is 31.9 Å². The van der Waals surface area contributed by atoms with Crippen molar-refractivity contribution in [1.29, 1.82) is 0 Å². The van der Waals surface area contributed by atoms with Crippen LogP contribution in [0.3, 0.4) is 0 Å². The van der Waals surface area contributed by atoms with E-state index >= 15 is 0 Å². The van der Waals surface area contributed by atoms with Crippen LogP contribution >= 0.6 is 0 Å². The highest BCUT2D eigenvalue weighted by Crippen LogP contribution is 2.36. The number of hydrogen-bond donors (Lipinski definition) is 1. The summed E-state index contributed by atoms with van der Waals surface area (Å²) in [6, 6.07) is 8.43. The van der Waals surface area contributed by atoms with Gasteiger partial charge >= 0.3 is 14.2 Å². The molecule has 0 spiro atoms. The molecule has 0 aromatic heterocycles. The summed E-state index contributed by atoms with van der Waals surface area (Å²) in [6.07, 6.45) is 0. The number of piperazine rings is 1. The second kappa shape index (κ2) is 6.37. The van der Waals surface area contributed by atoms with Crippen molar-refractivity contribution in [3.05, 3.63) is 24.3 Å². The minimum Gasteiger partial charge on any atom is -0.437 e. The molecule has 24 heavy (non-hydrogen) atoms. The Kier molecular flexibility index (Phi) is 4.73. The van der Waals surface area contributed by atoms with Gasteiger partial charge in [0.25, 0.3) is 0 Å². The third-order valence-corrected chi connectivity index (χ3v) is 5.60. The average Bonchev–Trinajstić information content (AvgIpc) is 2.76. The molecule has 2 fully saturated rings. The van der Waals surface area contributed by atoms with Crippen LogP contribution in [-0.2, 0) is 9.31 Å².